The van der Waals surface area contributed by atoms with Gasteiger partial charge in [-0.1, -0.05) is 30.3 Å². The van der Waals surface area contributed by atoms with E-state index in [1.165, 1.54) is 11.1 Å². The first-order valence-electron chi connectivity index (χ1n) is 11.7. The van der Waals surface area contributed by atoms with Crippen molar-refractivity contribution in [1.29, 1.82) is 0 Å². The summed E-state index contributed by atoms with van der Waals surface area (Å²) in [6, 6.07) is 25.8. The molecule has 3 aromatic carbocycles. The Bertz CT molecular complexity index is 1370. The van der Waals surface area contributed by atoms with Gasteiger partial charge in [0.25, 0.3) is 0 Å². The van der Waals surface area contributed by atoms with Gasteiger partial charge < -0.3 is 15.4 Å². The summed E-state index contributed by atoms with van der Waals surface area (Å²) in [7, 11) is 1.61. The van der Waals surface area contributed by atoms with Gasteiger partial charge in [-0.15, -0.1) is 6.58 Å². The highest BCUT2D eigenvalue weighted by atomic mass is 16.5. The number of aryl methyl sites for hydroxylation is 1. The summed E-state index contributed by atoms with van der Waals surface area (Å²) in [5.41, 5.74) is 5.10. The predicted octanol–water partition coefficient (Wildman–Crippen LogP) is 6.57. The van der Waals surface area contributed by atoms with Gasteiger partial charge in [0, 0.05) is 23.3 Å². The van der Waals surface area contributed by atoms with Crippen molar-refractivity contribution >= 4 is 34.1 Å². The molecular formula is C29H28N4O2. The molecule has 0 saturated heterocycles. The molecule has 1 heterocycles. The third-order valence-corrected chi connectivity index (χ3v) is 6.34. The molecule has 0 aliphatic heterocycles. The number of amides is 2. The number of aromatic nitrogens is 1. The van der Waals surface area contributed by atoms with Gasteiger partial charge in [0.2, 0.25) is 0 Å². The fourth-order valence-electron chi connectivity index (χ4n) is 4.55. The molecule has 5 rings (SSSR count). The zero-order valence-electron chi connectivity index (χ0n) is 19.7. The van der Waals surface area contributed by atoms with Crippen LogP contribution in [0.4, 0.5) is 22.0 Å². The predicted molar refractivity (Wildman–Crippen MR) is 142 cm³/mol. The van der Waals surface area contributed by atoms with Crippen LogP contribution in [0.15, 0.2) is 91.5 Å². The number of hydrogen-bond donors (Lipinski definition) is 2. The summed E-state index contributed by atoms with van der Waals surface area (Å²) >= 11 is 0. The molecule has 1 aromatic heterocycles. The van der Waals surface area contributed by atoms with E-state index in [4.69, 9.17) is 9.72 Å². The first-order valence-corrected chi connectivity index (χ1v) is 11.7. The average Bonchev–Trinajstić information content (AvgIpc) is 3.30. The van der Waals surface area contributed by atoms with Crippen LogP contribution in [0, 0.1) is 0 Å². The van der Waals surface area contributed by atoms with Crippen LogP contribution >= 0.6 is 0 Å². The normalized spacial score (nSPS) is 14.3. The average molecular weight is 465 g/mol. The molecule has 0 unspecified atom stereocenters. The van der Waals surface area contributed by atoms with Gasteiger partial charge in [-0.25, -0.2) is 9.78 Å². The van der Waals surface area contributed by atoms with Crippen molar-refractivity contribution in [2.75, 3.05) is 29.2 Å². The number of carbonyl (C=O) groups is 1. The second-order valence-electron chi connectivity index (χ2n) is 8.57. The number of pyridine rings is 1. The van der Waals surface area contributed by atoms with Crippen LogP contribution in [0.1, 0.15) is 23.6 Å². The third kappa shape index (κ3) is 4.82. The summed E-state index contributed by atoms with van der Waals surface area (Å²) in [6.45, 7) is 4.19. The van der Waals surface area contributed by atoms with E-state index < -0.39 is 0 Å². The first-order chi connectivity index (χ1) is 17.1. The van der Waals surface area contributed by atoms with Gasteiger partial charge in [0.1, 0.15) is 11.6 Å². The van der Waals surface area contributed by atoms with Crippen molar-refractivity contribution in [3.63, 3.8) is 0 Å². The molecule has 6 nitrogen and oxygen atoms in total. The van der Waals surface area contributed by atoms with Crippen molar-refractivity contribution in [2.45, 2.75) is 18.9 Å². The minimum Gasteiger partial charge on any atom is -0.497 e. The second kappa shape index (κ2) is 9.89. The van der Waals surface area contributed by atoms with Crippen molar-refractivity contribution in [2.24, 2.45) is 0 Å². The van der Waals surface area contributed by atoms with Crippen molar-refractivity contribution < 1.29 is 9.53 Å². The molecule has 2 amide bonds. The second-order valence-corrected chi connectivity index (χ2v) is 8.57. The van der Waals surface area contributed by atoms with Gasteiger partial charge >= 0.3 is 6.03 Å². The van der Waals surface area contributed by atoms with Crippen molar-refractivity contribution in [1.82, 2.24) is 4.98 Å². The Kier molecular flexibility index (Phi) is 6.35. The molecule has 0 radical (unpaired) electrons. The van der Waals surface area contributed by atoms with Gasteiger partial charge in [-0.3, -0.25) is 4.90 Å². The van der Waals surface area contributed by atoms with E-state index in [0.29, 0.717) is 12.2 Å². The molecule has 1 aliphatic carbocycles. The summed E-state index contributed by atoms with van der Waals surface area (Å²) in [6.07, 6.45) is 3.86. The SMILES string of the molecule is C=CCN(C(=O)Nc1ccc(OC)cc1)c1ccc2nc(N[C@@H]3CCc4ccccc43)ccc2c1. The standard InChI is InChI=1S/C29H28N4O2/c1-3-18-33(29(34)30-22-10-13-24(35-2)14-11-22)23-12-16-26-21(19-23)9-17-28(31-26)32-27-15-8-20-6-4-5-7-25(20)27/h3-7,9-14,16-17,19,27H,1,8,15,18H2,2H3,(H,30,34)(H,31,32)/t27-/m1/s1. The van der Waals surface area contributed by atoms with Gasteiger partial charge in [0.05, 0.1) is 18.7 Å². The Morgan fingerprint density at radius 2 is 1.94 bits per heavy atom. The minimum absolute atomic E-state index is 0.236. The summed E-state index contributed by atoms with van der Waals surface area (Å²) in [5, 5.41) is 7.50. The Labute approximate surface area is 205 Å². The smallest absolute Gasteiger partial charge is 0.326 e. The number of methoxy groups -OCH3 is 1. The lowest BCUT2D eigenvalue weighted by molar-refractivity contribution is 0.257. The lowest BCUT2D eigenvalue weighted by Crippen LogP contribution is -2.35. The Morgan fingerprint density at radius 1 is 1.11 bits per heavy atom. The minimum atomic E-state index is -0.236. The number of nitrogens with zero attached hydrogens (tertiary/aromatic N) is 2. The molecule has 176 valence electrons. The maximum atomic E-state index is 13.1. The van der Waals surface area contributed by atoms with E-state index >= 15 is 0 Å². The number of carbonyl (C=O) groups excluding carboxylic acids is 1. The molecule has 0 spiro atoms. The molecule has 0 saturated carbocycles. The number of ether oxygens (including phenoxy) is 1. The molecule has 6 heteroatoms. The number of benzene rings is 3. The number of anilines is 3. The van der Waals surface area contributed by atoms with Crippen LogP contribution in [-0.2, 0) is 6.42 Å². The van der Waals surface area contributed by atoms with Crippen molar-refractivity contribution in [3.05, 3.63) is 103 Å². The molecule has 0 fully saturated rings. The Morgan fingerprint density at radius 3 is 2.74 bits per heavy atom. The van der Waals surface area contributed by atoms with Gasteiger partial charge in [-0.2, -0.15) is 0 Å². The highest BCUT2D eigenvalue weighted by Crippen LogP contribution is 2.33. The van der Waals surface area contributed by atoms with Crippen LogP contribution in [0.3, 0.4) is 0 Å². The largest absolute Gasteiger partial charge is 0.497 e. The van der Waals surface area contributed by atoms with Crippen LogP contribution in [-0.4, -0.2) is 24.7 Å². The monoisotopic (exact) mass is 464 g/mol. The summed E-state index contributed by atoms with van der Waals surface area (Å²) in [5.74, 6) is 1.59. The van der Waals surface area contributed by atoms with E-state index in [9.17, 15) is 4.79 Å². The molecule has 2 N–H and O–H groups in total. The van der Waals surface area contributed by atoms with Crippen LogP contribution in [0.5, 0.6) is 5.75 Å². The fourth-order valence-corrected chi connectivity index (χ4v) is 4.55. The molecule has 1 aliphatic rings. The van der Waals surface area contributed by atoms with E-state index in [0.717, 1.165) is 41.0 Å². The van der Waals surface area contributed by atoms with Crippen LogP contribution in [0.2, 0.25) is 0 Å². The number of urea groups is 1. The lowest BCUT2D eigenvalue weighted by atomic mass is 10.1. The zero-order valence-corrected chi connectivity index (χ0v) is 19.7. The maximum absolute atomic E-state index is 13.1. The van der Waals surface area contributed by atoms with Crippen LogP contribution in [0.25, 0.3) is 10.9 Å². The number of nitrogens with one attached hydrogen (secondary N) is 2. The molecule has 1 atom stereocenters. The number of hydrogen-bond acceptors (Lipinski definition) is 4. The molecule has 4 aromatic rings. The fraction of sp³-hybridized carbons (Fsp3) is 0.172. The van der Waals surface area contributed by atoms with E-state index in [2.05, 4.69) is 41.5 Å². The lowest BCUT2D eigenvalue weighted by Gasteiger charge is -2.22. The van der Waals surface area contributed by atoms with E-state index in [1.54, 1.807) is 18.1 Å². The van der Waals surface area contributed by atoms with Crippen molar-refractivity contribution in [3.8, 4) is 5.75 Å². The summed E-state index contributed by atoms with van der Waals surface area (Å²) in [4.78, 5) is 19.5. The third-order valence-electron chi connectivity index (χ3n) is 6.34. The quantitative estimate of drug-likeness (QED) is 0.304. The number of fused-ring (bicyclic) bond motifs is 2. The Balaban J connectivity index is 1.34. The topological polar surface area (TPSA) is 66.5 Å². The summed E-state index contributed by atoms with van der Waals surface area (Å²) < 4.78 is 5.18. The zero-order chi connectivity index (χ0) is 24.2. The molecule has 0 bridgehead atoms. The Hall–Kier alpha value is -4.32. The molecule has 35 heavy (non-hydrogen) atoms. The van der Waals surface area contributed by atoms with Gasteiger partial charge in [0.15, 0.2) is 0 Å². The van der Waals surface area contributed by atoms with E-state index in [1.807, 2.05) is 54.6 Å². The highest BCUT2D eigenvalue weighted by molar-refractivity contribution is 6.03. The molecular weight excluding hydrogens is 436 g/mol. The first kappa shape index (κ1) is 22.5. The number of rotatable bonds is 7. The van der Waals surface area contributed by atoms with E-state index in [-0.39, 0.29) is 12.1 Å². The van der Waals surface area contributed by atoms with Crippen LogP contribution < -0.4 is 20.3 Å². The van der Waals surface area contributed by atoms with Gasteiger partial charge in [-0.05, 0) is 78.6 Å². The maximum Gasteiger partial charge on any atom is 0.326 e. The highest BCUT2D eigenvalue weighted by Gasteiger charge is 2.22.